The minimum atomic E-state index is 0.507. The predicted molar refractivity (Wildman–Crippen MR) is 55.8 cm³/mol. The molecule has 1 N–H and O–H groups in total. The molecule has 13 heavy (non-hydrogen) atoms. The quantitative estimate of drug-likeness (QED) is 0.745. The summed E-state index contributed by atoms with van der Waals surface area (Å²) in [6.45, 7) is 4.39. The molecule has 1 aromatic rings. The monoisotopic (exact) mass is 175 g/mol. The zero-order valence-corrected chi connectivity index (χ0v) is 8.38. The van der Waals surface area contributed by atoms with Crippen LogP contribution in [0.15, 0.2) is 24.3 Å². The van der Waals surface area contributed by atoms with Crippen molar-refractivity contribution in [2.75, 3.05) is 0 Å². The van der Waals surface area contributed by atoms with E-state index in [1.165, 1.54) is 24.0 Å². The minimum Gasteiger partial charge on any atom is -0.307 e. The molecule has 1 aromatic carbocycles. The van der Waals surface area contributed by atoms with Crippen molar-refractivity contribution >= 4 is 0 Å². The zero-order chi connectivity index (χ0) is 9.26. The van der Waals surface area contributed by atoms with Crippen molar-refractivity contribution in [1.82, 2.24) is 5.32 Å². The normalized spacial score (nSPS) is 18.6. The molecule has 0 bridgehead atoms. The summed E-state index contributed by atoms with van der Waals surface area (Å²) in [6.07, 6.45) is 2.71. The minimum absolute atomic E-state index is 0.507. The molecule has 1 aliphatic rings. The molecule has 0 saturated heterocycles. The van der Waals surface area contributed by atoms with Crippen LogP contribution in [0.25, 0.3) is 0 Å². The summed E-state index contributed by atoms with van der Waals surface area (Å²) in [6, 6.07) is 10.0. The van der Waals surface area contributed by atoms with Gasteiger partial charge in [0.2, 0.25) is 0 Å². The Morgan fingerprint density at radius 3 is 2.77 bits per heavy atom. The Morgan fingerprint density at radius 1 is 1.38 bits per heavy atom. The van der Waals surface area contributed by atoms with Crippen LogP contribution in [0.2, 0.25) is 0 Å². The fourth-order valence-corrected chi connectivity index (χ4v) is 1.64. The van der Waals surface area contributed by atoms with E-state index in [9.17, 15) is 0 Å². The van der Waals surface area contributed by atoms with E-state index in [1.807, 2.05) is 0 Å². The SMILES string of the molecule is Cc1cccc([C@@H](C)NC2CC2)c1. The number of hydrogen-bond donors (Lipinski definition) is 1. The van der Waals surface area contributed by atoms with Crippen LogP contribution < -0.4 is 5.32 Å². The fraction of sp³-hybridized carbons (Fsp3) is 0.500. The first-order chi connectivity index (χ1) is 6.25. The molecule has 70 valence electrons. The average Bonchev–Trinajstić information content (AvgIpc) is 2.88. The number of hydrogen-bond acceptors (Lipinski definition) is 1. The molecule has 1 heteroatoms. The maximum Gasteiger partial charge on any atom is 0.0294 e. The van der Waals surface area contributed by atoms with Gasteiger partial charge in [-0.2, -0.15) is 0 Å². The van der Waals surface area contributed by atoms with Crippen LogP contribution in [-0.2, 0) is 0 Å². The molecule has 0 amide bonds. The van der Waals surface area contributed by atoms with Gasteiger partial charge in [0, 0.05) is 12.1 Å². The summed E-state index contributed by atoms with van der Waals surface area (Å²) in [4.78, 5) is 0. The van der Waals surface area contributed by atoms with E-state index in [4.69, 9.17) is 0 Å². The molecule has 0 aliphatic heterocycles. The molecule has 1 saturated carbocycles. The highest BCUT2D eigenvalue weighted by Crippen LogP contribution is 2.24. The van der Waals surface area contributed by atoms with Gasteiger partial charge in [-0.1, -0.05) is 29.8 Å². The van der Waals surface area contributed by atoms with E-state index >= 15 is 0 Å². The fourth-order valence-electron chi connectivity index (χ4n) is 1.64. The predicted octanol–water partition coefficient (Wildman–Crippen LogP) is 2.81. The van der Waals surface area contributed by atoms with Gasteiger partial charge in [0.05, 0.1) is 0 Å². The lowest BCUT2D eigenvalue weighted by Crippen LogP contribution is -2.20. The van der Waals surface area contributed by atoms with Gasteiger partial charge in [0.15, 0.2) is 0 Å². The smallest absolute Gasteiger partial charge is 0.0294 e. The van der Waals surface area contributed by atoms with Crippen molar-refractivity contribution in [2.24, 2.45) is 0 Å². The number of nitrogens with one attached hydrogen (secondary N) is 1. The Labute approximate surface area is 80.2 Å². The molecule has 2 rings (SSSR count). The van der Waals surface area contributed by atoms with Gasteiger partial charge < -0.3 is 5.32 Å². The molecule has 0 heterocycles. The summed E-state index contributed by atoms with van der Waals surface area (Å²) in [5, 5.41) is 3.60. The Hall–Kier alpha value is -0.820. The van der Waals surface area contributed by atoms with Gasteiger partial charge in [-0.05, 0) is 32.3 Å². The van der Waals surface area contributed by atoms with E-state index in [0.29, 0.717) is 6.04 Å². The van der Waals surface area contributed by atoms with E-state index in [2.05, 4.69) is 43.4 Å². The molecule has 0 spiro atoms. The number of rotatable bonds is 3. The third-order valence-corrected chi connectivity index (χ3v) is 2.61. The van der Waals surface area contributed by atoms with E-state index in [-0.39, 0.29) is 0 Å². The highest BCUT2D eigenvalue weighted by molar-refractivity contribution is 5.24. The summed E-state index contributed by atoms with van der Waals surface area (Å²) in [5.41, 5.74) is 2.76. The molecule has 0 radical (unpaired) electrons. The first-order valence-electron chi connectivity index (χ1n) is 5.08. The molecular formula is C12H17N. The lowest BCUT2D eigenvalue weighted by Gasteiger charge is -2.13. The van der Waals surface area contributed by atoms with Crippen LogP contribution in [0.4, 0.5) is 0 Å². The lowest BCUT2D eigenvalue weighted by atomic mass is 10.1. The molecule has 1 fully saturated rings. The summed E-state index contributed by atoms with van der Waals surface area (Å²) in [5.74, 6) is 0. The number of aryl methyl sites for hydroxylation is 1. The van der Waals surface area contributed by atoms with Gasteiger partial charge in [-0.3, -0.25) is 0 Å². The maximum absolute atomic E-state index is 3.60. The van der Waals surface area contributed by atoms with Crippen LogP contribution in [0.3, 0.4) is 0 Å². The second-order valence-electron chi connectivity index (χ2n) is 4.08. The van der Waals surface area contributed by atoms with Crippen LogP contribution in [-0.4, -0.2) is 6.04 Å². The standard InChI is InChI=1S/C12H17N/c1-9-4-3-5-11(8-9)10(2)13-12-6-7-12/h3-5,8,10,12-13H,6-7H2,1-2H3/t10-/m1/s1. The summed E-state index contributed by atoms with van der Waals surface area (Å²) in [7, 11) is 0. The third-order valence-electron chi connectivity index (χ3n) is 2.61. The highest BCUT2D eigenvalue weighted by atomic mass is 15.0. The first-order valence-corrected chi connectivity index (χ1v) is 5.08. The van der Waals surface area contributed by atoms with Crippen LogP contribution in [0.1, 0.15) is 36.9 Å². The third kappa shape index (κ3) is 2.31. The van der Waals surface area contributed by atoms with Gasteiger partial charge in [-0.15, -0.1) is 0 Å². The lowest BCUT2D eigenvalue weighted by molar-refractivity contribution is 0.571. The average molecular weight is 175 g/mol. The van der Waals surface area contributed by atoms with Gasteiger partial charge in [0.1, 0.15) is 0 Å². The summed E-state index contributed by atoms with van der Waals surface area (Å²) < 4.78 is 0. The van der Waals surface area contributed by atoms with Crippen LogP contribution in [0.5, 0.6) is 0 Å². The highest BCUT2D eigenvalue weighted by Gasteiger charge is 2.22. The van der Waals surface area contributed by atoms with E-state index < -0.39 is 0 Å². The molecular weight excluding hydrogens is 158 g/mol. The van der Waals surface area contributed by atoms with Crippen LogP contribution >= 0.6 is 0 Å². The number of benzene rings is 1. The maximum atomic E-state index is 3.60. The van der Waals surface area contributed by atoms with Crippen molar-refractivity contribution in [3.8, 4) is 0 Å². The largest absolute Gasteiger partial charge is 0.307 e. The Bertz CT molecular complexity index is 289. The summed E-state index contributed by atoms with van der Waals surface area (Å²) >= 11 is 0. The zero-order valence-electron chi connectivity index (χ0n) is 8.38. The van der Waals surface area contributed by atoms with Crippen molar-refractivity contribution < 1.29 is 0 Å². The van der Waals surface area contributed by atoms with Crippen molar-refractivity contribution in [1.29, 1.82) is 0 Å². The molecule has 0 unspecified atom stereocenters. The van der Waals surface area contributed by atoms with Gasteiger partial charge >= 0.3 is 0 Å². The Kier molecular flexibility index (Phi) is 2.36. The van der Waals surface area contributed by atoms with E-state index in [0.717, 1.165) is 6.04 Å². The topological polar surface area (TPSA) is 12.0 Å². The molecule has 1 atom stereocenters. The van der Waals surface area contributed by atoms with Gasteiger partial charge in [0.25, 0.3) is 0 Å². The first kappa shape index (κ1) is 8.76. The van der Waals surface area contributed by atoms with Crippen molar-refractivity contribution in [3.63, 3.8) is 0 Å². The molecule has 1 nitrogen and oxygen atoms in total. The Morgan fingerprint density at radius 2 is 2.15 bits per heavy atom. The second-order valence-corrected chi connectivity index (χ2v) is 4.08. The van der Waals surface area contributed by atoms with E-state index in [1.54, 1.807) is 0 Å². The molecule has 1 aliphatic carbocycles. The van der Waals surface area contributed by atoms with Crippen LogP contribution in [0, 0.1) is 6.92 Å². The molecule has 0 aromatic heterocycles. The van der Waals surface area contributed by atoms with Crippen molar-refractivity contribution in [3.05, 3.63) is 35.4 Å². The van der Waals surface area contributed by atoms with Gasteiger partial charge in [-0.25, -0.2) is 0 Å². The Balaban J connectivity index is 2.04. The van der Waals surface area contributed by atoms with Crippen molar-refractivity contribution in [2.45, 2.75) is 38.8 Å². The second kappa shape index (κ2) is 3.51.